The lowest BCUT2D eigenvalue weighted by molar-refractivity contribution is 0.232. The van der Waals surface area contributed by atoms with Gasteiger partial charge in [-0.1, -0.05) is 12.8 Å². The van der Waals surface area contributed by atoms with E-state index in [1.807, 2.05) is 13.8 Å². The zero-order valence-electron chi connectivity index (χ0n) is 18.9. The van der Waals surface area contributed by atoms with E-state index in [9.17, 15) is 0 Å². The average Bonchev–Trinajstić information content (AvgIpc) is 2.77. The number of halogens is 1. The van der Waals surface area contributed by atoms with Crippen LogP contribution in [-0.2, 0) is 0 Å². The van der Waals surface area contributed by atoms with E-state index in [1.165, 1.54) is 64.7 Å². The summed E-state index contributed by atoms with van der Waals surface area (Å²) in [6.07, 6.45) is 7.92. The van der Waals surface area contributed by atoms with E-state index < -0.39 is 0 Å². The smallest absolute Gasteiger partial charge is 0.187 e. The maximum absolute atomic E-state index is 5.30. The van der Waals surface area contributed by atoms with E-state index in [2.05, 4.69) is 41.5 Å². The van der Waals surface area contributed by atoms with Crippen LogP contribution >= 0.6 is 36.8 Å². The predicted molar refractivity (Wildman–Crippen MR) is 142 cm³/mol. The topological polar surface area (TPSA) is 79.3 Å². The Bertz CT molecular complexity index is 550. The van der Waals surface area contributed by atoms with Gasteiger partial charge in [-0.2, -0.15) is 10.2 Å². The number of piperidine rings is 2. The summed E-state index contributed by atoms with van der Waals surface area (Å²) in [6, 6.07) is 0. The monoisotopic (exact) mass is 490 g/mol. The molecule has 0 radical (unpaired) electrons. The standard InChI is InChI=1S/C20H38N8S2.ClH/c1-17(23-25-19(29)21-9-15-27-11-5-3-6-12-27)18(2)24-26-20(30)22-10-16-28-13-7-4-8-14-28;/h3-16H2,1-2H3,(H2,21,25,29)(H2,22,26,30);1H/b23-17-,24-18-;. The second-order valence-electron chi connectivity index (χ2n) is 7.93. The largest absolute Gasteiger partial charge is 0.360 e. The fourth-order valence-electron chi connectivity index (χ4n) is 3.53. The Balaban J connectivity index is 0.00000480. The highest BCUT2D eigenvalue weighted by Gasteiger charge is 2.10. The predicted octanol–water partition coefficient (Wildman–Crippen LogP) is 2.06. The summed E-state index contributed by atoms with van der Waals surface area (Å²) in [6.45, 7) is 12.2. The molecule has 2 rings (SSSR count). The van der Waals surface area contributed by atoms with Gasteiger partial charge in [-0.15, -0.1) is 12.4 Å². The molecule has 2 fully saturated rings. The fraction of sp³-hybridized carbons (Fsp3) is 0.800. The van der Waals surface area contributed by atoms with Crippen molar-refractivity contribution >= 4 is 58.5 Å². The van der Waals surface area contributed by atoms with Crippen molar-refractivity contribution in [3.8, 4) is 0 Å². The van der Waals surface area contributed by atoms with Crippen molar-refractivity contribution in [2.75, 3.05) is 52.4 Å². The highest BCUT2D eigenvalue weighted by Crippen LogP contribution is 2.07. The molecule has 2 heterocycles. The third-order valence-electron chi connectivity index (χ3n) is 5.50. The van der Waals surface area contributed by atoms with Crippen molar-refractivity contribution in [1.82, 2.24) is 31.3 Å². The molecule has 31 heavy (non-hydrogen) atoms. The van der Waals surface area contributed by atoms with Crippen LogP contribution in [0.2, 0.25) is 0 Å². The first-order valence-electron chi connectivity index (χ1n) is 11.2. The Labute approximate surface area is 204 Å². The molecule has 0 atom stereocenters. The molecule has 8 nitrogen and oxygen atoms in total. The highest BCUT2D eigenvalue weighted by atomic mass is 35.5. The number of nitrogens with zero attached hydrogens (tertiary/aromatic N) is 4. The highest BCUT2D eigenvalue weighted by molar-refractivity contribution is 7.80. The lowest BCUT2D eigenvalue weighted by Crippen LogP contribution is -2.41. The molecule has 11 heteroatoms. The summed E-state index contributed by atoms with van der Waals surface area (Å²) in [7, 11) is 0. The lowest BCUT2D eigenvalue weighted by Gasteiger charge is -2.26. The molecule has 0 aromatic rings. The summed E-state index contributed by atoms with van der Waals surface area (Å²) in [5, 5.41) is 16.1. The van der Waals surface area contributed by atoms with Crippen molar-refractivity contribution in [2.24, 2.45) is 10.2 Å². The minimum atomic E-state index is 0. The molecular weight excluding hydrogens is 452 g/mol. The molecule has 0 aromatic carbocycles. The SMILES string of the molecule is CC(=N/NC(=S)NCCN1CCCCC1)/C(C)=N\NC(=S)NCCN1CCCCC1.Cl. The van der Waals surface area contributed by atoms with E-state index >= 15 is 0 Å². The average molecular weight is 491 g/mol. The van der Waals surface area contributed by atoms with Gasteiger partial charge in [0.2, 0.25) is 0 Å². The van der Waals surface area contributed by atoms with E-state index in [1.54, 1.807) is 0 Å². The quantitative estimate of drug-likeness (QED) is 0.222. The number of hydrogen-bond donors (Lipinski definition) is 4. The van der Waals surface area contributed by atoms with Crippen molar-refractivity contribution < 1.29 is 0 Å². The molecule has 2 saturated heterocycles. The van der Waals surface area contributed by atoms with Crippen molar-refractivity contribution in [2.45, 2.75) is 52.4 Å². The number of rotatable bonds is 9. The maximum Gasteiger partial charge on any atom is 0.187 e. The van der Waals surface area contributed by atoms with Crippen LogP contribution in [0.15, 0.2) is 10.2 Å². The summed E-state index contributed by atoms with van der Waals surface area (Å²) in [5.74, 6) is 0. The van der Waals surface area contributed by atoms with Crippen LogP contribution in [0.25, 0.3) is 0 Å². The fourth-order valence-corrected chi connectivity index (χ4v) is 3.83. The molecular formula is C20H39ClN8S2. The normalized spacial score (nSPS) is 18.6. The zero-order chi connectivity index (χ0) is 21.6. The Morgan fingerprint density at radius 3 is 1.39 bits per heavy atom. The van der Waals surface area contributed by atoms with Gasteiger partial charge in [-0.3, -0.25) is 10.9 Å². The van der Waals surface area contributed by atoms with E-state index in [4.69, 9.17) is 24.4 Å². The van der Waals surface area contributed by atoms with Gasteiger partial charge in [0.05, 0.1) is 11.4 Å². The van der Waals surface area contributed by atoms with Crippen LogP contribution in [0.3, 0.4) is 0 Å². The Kier molecular flexibility index (Phi) is 14.9. The van der Waals surface area contributed by atoms with Gasteiger partial charge >= 0.3 is 0 Å². The second kappa shape index (κ2) is 16.5. The van der Waals surface area contributed by atoms with Gasteiger partial charge in [0.15, 0.2) is 10.2 Å². The number of thiocarbonyl (C=S) groups is 2. The summed E-state index contributed by atoms with van der Waals surface area (Å²) in [4.78, 5) is 4.94. The first-order chi connectivity index (χ1) is 14.5. The van der Waals surface area contributed by atoms with Gasteiger partial charge in [0.25, 0.3) is 0 Å². The van der Waals surface area contributed by atoms with Crippen molar-refractivity contribution in [1.29, 1.82) is 0 Å². The van der Waals surface area contributed by atoms with E-state index in [0.29, 0.717) is 10.2 Å². The summed E-state index contributed by atoms with van der Waals surface area (Å²) in [5.41, 5.74) is 7.27. The van der Waals surface area contributed by atoms with Crippen molar-refractivity contribution in [3.05, 3.63) is 0 Å². The van der Waals surface area contributed by atoms with Gasteiger partial charge < -0.3 is 20.4 Å². The van der Waals surface area contributed by atoms with E-state index in [0.717, 1.165) is 37.6 Å². The second-order valence-corrected chi connectivity index (χ2v) is 8.75. The number of likely N-dealkylation sites (tertiary alicyclic amines) is 2. The molecule has 0 aliphatic carbocycles. The minimum absolute atomic E-state index is 0. The van der Waals surface area contributed by atoms with Crippen molar-refractivity contribution in [3.63, 3.8) is 0 Å². The third-order valence-corrected chi connectivity index (χ3v) is 5.97. The zero-order valence-corrected chi connectivity index (χ0v) is 21.4. The van der Waals surface area contributed by atoms with Gasteiger partial charge in [-0.25, -0.2) is 0 Å². The lowest BCUT2D eigenvalue weighted by atomic mass is 10.1. The molecule has 0 unspecified atom stereocenters. The Morgan fingerprint density at radius 1 is 0.677 bits per heavy atom. The van der Waals surface area contributed by atoms with Crippen LogP contribution in [0, 0.1) is 0 Å². The van der Waals surface area contributed by atoms with Crippen LogP contribution in [0.5, 0.6) is 0 Å². The Morgan fingerprint density at radius 2 is 1.03 bits per heavy atom. The van der Waals surface area contributed by atoms with Gasteiger partial charge in [0.1, 0.15) is 0 Å². The van der Waals surface area contributed by atoms with Crippen LogP contribution in [0.1, 0.15) is 52.4 Å². The maximum atomic E-state index is 5.30. The number of nitrogens with one attached hydrogen (secondary N) is 4. The molecule has 178 valence electrons. The van der Waals surface area contributed by atoms with E-state index in [-0.39, 0.29) is 12.4 Å². The minimum Gasteiger partial charge on any atom is -0.360 e. The summed E-state index contributed by atoms with van der Waals surface area (Å²) >= 11 is 10.6. The number of hydrogen-bond acceptors (Lipinski definition) is 6. The third kappa shape index (κ3) is 12.5. The van der Waals surface area contributed by atoms with Gasteiger partial charge in [0, 0.05) is 26.2 Å². The first kappa shape index (κ1) is 28.0. The molecule has 0 bridgehead atoms. The molecule has 4 N–H and O–H groups in total. The molecule has 2 aliphatic heterocycles. The number of hydrazone groups is 2. The first-order valence-corrected chi connectivity index (χ1v) is 12.0. The van der Waals surface area contributed by atoms with Crippen LogP contribution in [-0.4, -0.2) is 83.8 Å². The molecule has 0 saturated carbocycles. The molecule has 2 aliphatic rings. The Hall–Kier alpha value is -1.07. The molecule has 0 amide bonds. The van der Waals surface area contributed by atoms with Gasteiger partial charge in [-0.05, 0) is 90.1 Å². The summed E-state index contributed by atoms with van der Waals surface area (Å²) < 4.78 is 0. The van der Waals surface area contributed by atoms with Crippen LogP contribution < -0.4 is 21.5 Å². The molecule has 0 spiro atoms. The van der Waals surface area contributed by atoms with Crippen LogP contribution in [0.4, 0.5) is 0 Å². The molecule has 0 aromatic heterocycles.